The maximum atomic E-state index is 11.0. The summed E-state index contributed by atoms with van der Waals surface area (Å²) in [6.07, 6.45) is 0. The summed E-state index contributed by atoms with van der Waals surface area (Å²) < 4.78 is 5.41. The second kappa shape index (κ2) is 7.02. The van der Waals surface area contributed by atoms with E-state index in [0.29, 0.717) is 13.2 Å². The Morgan fingerprint density at radius 3 is 2.26 bits per heavy atom. The van der Waals surface area contributed by atoms with Crippen molar-refractivity contribution in [3.8, 4) is 5.75 Å². The first-order valence-electron chi connectivity index (χ1n) is 6.68. The molecule has 4 heteroatoms. The fourth-order valence-corrected chi connectivity index (χ4v) is 1.89. The number of nitrogens with zero attached hydrogens (tertiary/aromatic N) is 1. The van der Waals surface area contributed by atoms with Crippen molar-refractivity contribution < 1.29 is 14.6 Å². The van der Waals surface area contributed by atoms with Gasteiger partial charge in [-0.05, 0) is 45.0 Å². The molecule has 19 heavy (non-hydrogen) atoms. The van der Waals surface area contributed by atoms with Gasteiger partial charge in [0.15, 0.2) is 0 Å². The predicted octanol–water partition coefficient (Wildman–Crippen LogP) is 3.02. The van der Waals surface area contributed by atoms with E-state index < -0.39 is 11.9 Å². The Morgan fingerprint density at radius 1 is 1.26 bits per heavy atom. The van der Waals surface area contributed by atoms with Crippen LogP contribution in [0.2, 0.25) is 0 Å². The normalized spacial score (nSPS) is 12.3. The average Bonchev–Trinajstić information content (AvgIpc) is 2.36. The van der Waals surface area contributed by atoms with E-state index in [1.165, 1.54) is 0 Å². The van der Waals surface area contributed by atoms with Gasteiger partial charge in [-0.3, -0.25) is 4.79 Å². The highest BCUT2D eigenvalue weighted by atomic mass is 16.5. The molecule has 0 fully saturated rings. The third kappa shape index (κ3) is 4.47. The number of anilines is 1. The van der Waals surface area contributed by atoms with Gasteiger partial charge in [0.05, 0.1) is 12.5 Å². The van der Waals surface area contributed by atoms with Crippen LogP contribution in [0.25, 0.3) is 0 Å². The lowest BCUT2D eigenvalue weighted by atomic mass is 10.1. The van der Waals surface area contributed by atoms with Crippen molar-refractivity contribution in [3.05, 3.63) is 24.3 Å². The van der Waals surface area contributed by atoms with E-state index in [1.807, 2.05) is 31.2 Å². The Kier molecular flexibility index (Phi) is 5.67. The summed E-state index contributed by atoms with van der Waals surface area (Å²) in [6, 6.07) is 8.03. The topological polar surface area (TPSA) is 49.8 Å². The van der Waals surface area contributed by atoms with Crippen molar-refractivity contribution in [2.45, 2.75) is 33.7 Å². The molecule has 1 unspecified atom stereocenters. The van der Waals surface area contributed by atoms with Gasteiger partial charge < -0.3 is 14.7 Å². The third-order valence-corrected chi connectivity index (χ3v) is 2.99. The maximum Gasteiger partial charge on any atom is 0.308 e. The van der Waals surface area contributed by atoms with E-state index >= 15 is 0 Å². The Bertz CT molecular complexity index is 400. The highest BCUT2D eigenvalue weighted by Crippen LogP contribution is 2.22. The van der Waals surface area contributed by atoms with Crippen LogP contribution in [-0.2, 0) is 4.79 Å². The second-order valence-electron chi connectivity index (χ2n) is 4.91. The van der Waals surface area contributed by atoms with Gasteiger partial charge in [-0.2, -0.15) is 0 Å². The fourth-order valence-electron chi connectivity index (χ4n) is 1.89. The third-order valence-electron chi connectivity index (χ3n) is 2.99. The molecular weight excluding hydrogens is 242 g/mol. The molecule has 4 nitrogen and oxygen atoms in total. The Morgan fingerprint density at radius 2 is 1.84 bits per heavy atom. The molecule has 0 amide bonds. The smallest absolute Gasteiger partial charge is 0.308 e. The van der Waals surface area contributed by atoms with Gasteiger partial charge in [-0.1, -0.05) is 6.92 Å². The molecule has 0 heterocycles. The van der Waals surface area contributed by atoms with Crippen LogP contribution in [0.1, 0.15) is 27.7 Å². The van der Waals surface area contributed by atoms with Crippen LogP contribution in [0.4, 0.5) is 5.69 Å². The number of carbonyl (C=O) groups is 1. The minimum Gasteiger partial charge on any atom is -0.494 e. The molecule has 1 aromatic carbocycles. The van der Waals surface area contributed by atoms with Gasteiger partial charge >= 0.3 is 5.97 Å². The minimum atomic E-state index is -0.767. The number of hydrogen-bond acceptors (Lipinski definition) is 3. The summed E-state index contributed by atoms with van der Waals surface area (Å²) in [4.78, 5) is 13.1. The lowest BCUT2D eigenvalue weighted by Gasteiger charge is -2.30. The summed E-state index contributed by atoms with van der Waals surface area (Å²) in [5, 5.41) is 9.03. The van der Waals surface area contributed by atoms with Crippen molar-refractivity contribution >= 4 is 11.7 Å². The van der Waals surface area contributed by atoms with Crippen LogP contribution in [0.3, 0.4) is 0 Å². The zero-order chi connectivity index (χ0) is 14.4. The SMILES string of the molecule is CCOc1ccc(N(CC(C)C(=O)O)C(C)C)cc1. The van der Waals surface area contributed by atoms with Gasteiger partial charge in [0, 0.05) is 18.3 Å². The lowest BCUT2D eigenvalue weighted by molar-refractivity contribution is -0.140. The van der Waals surface area contributed by atoms with E-state index in [-0.39, 0.29) is 6.04 Å². The molecule has 0 bridgehead atoms. The summed E-state index contributed by atoms with van der Waals surface area (Å²) in [6.45, 7) is 8.94. The number of benzene rings is 1. The quantitative estimate of drug-likeness (QED) is 0.823. The van der Waals surface area contributed by atoms with E-state index in [0.717, 1.165) is 11.4 Å². The van der Waals surface area contributed by atoms with Gasteiger partial charge in [-0.25, -0.2) is 0 Å². The van der Waals surface area contributed by atoms with Gasteiger partial charge in [-0.15, -0.1) is 0 Å². The first-order valence-corrected chi connectivity index (χ1v) is 6.68. The Labute approximate surface area is 115 Å². The number of carboxylic acid groups (broad SMARTS) is 1. The minimum absolute atomic E-state index is 0.250. The second-order valence-corrected chi connectivity index (χ2v) is 4.91. The zero-order valence-electron chi connectivity index (χ0n) is 12.1. The summed E-state index contributed by atoms with van der Waals surface area (Å²) in [5.41, 5.74) is 1.02. The van der Waals surface area contributed by atoms with Crippen molar-refractivity contribution in [2.24, 2.45) is 5.92 Å². The van der Waals surface area contributed by atoms with Crippen LogP contribution in [-0.4, -0.2) is 30.3 Å². The van der Waals surface area contributed by atoms with Crippen molar-refractivity contribution in [3.63, 3.8) is 0 Å². The summed E-state index contributed by atoms with van der Waals surface area (Å²) >= 11 is 0. The van der Waals surface area contributed by atoms with Crippen molar-refractivity contribution in [2.75, 3.05) is 18.1 Å². The molecular formula is C15H23NO3. The van der Waals surface area contributed by atoms with Gasteiger partial charge in [0.2, 0.25) is 0 Å². The fraction of sp³-hybridized carbons (Fsp3) is 0.533. The average molecular weight is 265 g/mol. The highest BCUT2D eigenvalue weighted by molar-refractivity contribution is 5.70. The van der Waals surface area contributed by atoms with E-state index in [2.05, 4.69) is 18.7 Å². The van der Waals surface area contributed by atoms with Crippen LogP contribution in [0, 0.1) is 5.92 Å². The number of ether oxygens (including phenoxy) is 1. The van der Waals surface area contributed by atoms with Crippen LogP contribution in [0.5, 0.6) is 5.75 Å². The molecule has 1 N–H and O–H groups in total. The molecule has 0 radical (unpaired) electrons. The standard InChI is InChI=1S/C15H23NO3/c1-5-19-14-8-6-13(7-9-14)16(11(2)3)10-12(4)15(17)18/h6-9,11-12H,5,10H2,1-4H3,(H,17,18). The van der Waals surface area contributed by atoms with E-state index in [4.69, 9.17) is 9.84 Å². The van der Waals surface area contributed by atoms with Crippen LogP contribution < -0.4 is 9.64 Å². The molecule has 0 aliphatic heterocycles. The summed E-state index contributed by atoms with van der Waals surface area (Å²) in [5.74, 6) is -0.327. The van der Waals surface area contributed by atoms with Gasteiger partial charge in [0.25, 0.3) is 0 Å². The van der Waals surface area contributed by atoms with Crippen LogP contribution in [0.15, 0.2) is 24.3 Å². The molecule has 0 spiro atoms. The predicted molar refractivity (Wildman–Crippen MR) is 76.9 cm³/mol. The lowest BCUT2D eigenvalue weighted by Crippen LogP contribution is -2.36. The largest absolute Gasteiger partial charge is 0.494 e. The van der Waals surface area contributed by atoms with Crippen LogP contribution >= 0.6 is 0 Å². The molecule has 0 aromatic heterocycles. The number of rotatable bonds is 7. The molecule has 106 valence electrons. The van der Waals surface area contributed by atoms with E-state index in [1.54, 1.807) is 6.92 Å². The first kappa shape index (κ1) is 15.3. The number of aliphatic carboxylic acids is 1. The van der Waals surface area contributed by atoms with Crippen molar-refractivity contribution in [1.82, 2.24) is 0 Å². The Hall–Kier alpha value is -1.71. The molecule has 0 aliphatic carbocycles. The first-order chi connectivity index (χ1) is 8.95. The van der Waals surface area contributed by atoms with Crippen molar-refractivity contribution in [1.29, 1.82) is 0 Å². The maximum absolute atomic E-state index is 11.0. The molecule has 0 aliphatic rings. The number of hydrogen-bond donors (Lipinski definition) is 1. The summed E-state index contributed by atoms with van der Waals surface area (Å²) in [7, 11) is 0. The number of carboxylic acids is 1. The van der Waals surface area contributed by atoms with E-state index in [9.17, 15) is 4.79 Å². The molecule has 1 aromatic rings. The molecule has 1 atom stereocenters. The molecule has 0 saturated heterocycles. The zero-order valence-corrected chi connectivity index (χ0v) is 12.1. The monoisotopic (exact) mass is 265 g/mol. The van der Waals surface area contributed by atoms with Gasteiger partial charge in [0.1, 0.15) is 5.75 Å². The molecule has 1 rings (SSSR count). The highest BCUT2D eigenvalue weighted by Gasteiger charge is 2.18. The molecule has 0 saturated carbocycles. The Balaban J connectivity index is 2.84.